The number of carbonyl (C=O) groups is 3. The fraction of sp³-hybridized carbons (Fsp3) is 0.824. The van der Waals surface area contributed by atoms with Crippen LogP contribution in [0.3, 0.4) is 0 Å². The minimum atomic E-state index is -0.749. The Bertz CT molecular complexity index is 433. The largest absolute Gasteiger partial charge is 0.444 e. The first-order valence-corrected chi connectivity index (χ1v) is 9.72. The van der Waals surface area contributed by atoms with Gasteiger partial charge in [0.2, 0.25) is 5.91 Å². The summed E-state index contributed by atoms with van der Waals surface area (Å²) >= 11 is 1.62. The van der Waals surface area contributed by atoms with Crippen LogP contribution in [0, 0.1) is 5.92 Å². The average Bonchev–Trinajstić information content (AvgIpc) is 2.45. The highest BCUT2D eigenvalue weighted by molar-refractivity contribution is 7.98. The third kappa shape index (κ3) is 9.15. The maximum atomic E-state index is 12.5. The molecule has 0 aromatic carbocycles. The molecule has 6 nitrogen and oxygen atoms in total. The molecule has 0 aliphatic heterocycles. The number of alkyl carbamates (subject to hydrolysis) is 1. The Labute approximate surface area is 149 Å². The maximum absolute atomic E-state index is 12.5. The predicted octanol–water partition coefficient (Wildman–Crippen LogP) is 2.75. The van der Waals surface area contributed by atoms with E-state index in [1.54, 1.807) is 39.5 Å². The van der Waals surface area contributed by atoms with Gasteiger partial charge < -0.3 is 15.4 Å². The van der Waals surface area contributed by atoms with Crippen LogP contribution in [0.4, 0.5) is 4.79 Å². The van der Waals surface area contributed by atoms with Crippen molar-refractivity contribution >= 4 is 29.5 Å². The molecule has 24 heavy (non-hydrogen) atoms. The number of thioether (sulfide) groups is 1. The van der Waals surface area contributed by atoms with E-state index in [9.17, 15) is 14.4 Å². The second kappa shape index (κ2) is 10.6. The lowest BCUT2D eigenvalue weighted by Gasteiger charge is -2.26. The molecule has 2 unspecified atom stereocenters. The predicted molar refractivity (Wildman–Crippen MR) is 98.2 cm³/mol. The van der Waals surface area contributed by atoms with Gasteiger partial charge in [0, 0.05) is 6.42 Å². The molecule has 0 rings (SSSR count). The van der Waals surface area contributed by atoms with Gasteiger partial charge in [-0.3, -0.25) is 9.59 Å². The minimum Gasteiger partial charge on any atom is -0.444 e. The Morgan fingerprint density at radius 1 is 1.12 bits per heavy atom. The molecule has 0 spiro atoms. The Balaban J connectivity index is 4.93. The molecular weight excluding hydrogens is 328 g/mol. The smallest absolute Gasteiger partial charge is 0.408 e. The first-order chi connectivity index (χ1) is 11.0. The topological polar surface area (TPSA) is 84.5 Å². The van der Waals surface area contributed by atoms with Crippen molar-refractivity contribution < 1.29 is 19.1 Å². The monoisotopic (exact) mass is 360 g/mol. The number of hydrogen-bond donors (Lipinski definition) is 2. The van der Waals surface area contributed by atoms with Gasteiger partial charge in [-0.2, -0.15) is 11.8 Å². The van der Waals surface area contributed by atoms with Crippen LogP contribution in [-0.2, 0) is 14.3 Å². The van der Waals surface area contributed by atoms with Gasteiger partial charge >= 0.3 is 6.09 Å². The van der Waals surface area contributed by atoms with Gasteiger partial charge in [-0.05, 0) is 45.1 Å². The summed E-state index contributed by atoms with van der Waals surface area (Å²) < 4.78 is 5.21. The van der Waals surface area contributed by atoms with Crippen molar-refractivity contribution in [3.8, 4) is 0 Å². The quantitative estimate of drug-likeness (QED) is 0.660. The van der Waals surface area contributed by atoms with Crippen molar-refractivity contribution in [1.82, 2.24) is 10.6 Å². The SMILES string of the molecule is CCC(=O)C(CCSC)NC(=O)C(NC(=O)OC(C)(C)C)C(C)C. The summed E-state index contributed by atoms with van der Waals surface area (Å²) in [5.74, 6) is 0.291. The van der Waals surface area contributed by atoms with Crippen molar-refractivity contribution in [3.63, 3.8) is 0 Å². The lowest BCUT2D eigenvalue weighted by molar-refractivity contribution is -0.129. The van der Waals surface area contributed by atoms with E-state index in [0.717, 1.165) is 5.75 Å². The number of nitrogens with one attached hydrogen (secondary N) is 2. The number of amides is 2. The Kier molecular flexibility index (Phi) is 10.0. The normalized spacial score (nSPS) is 14.0. The van der Waals surface area contributed by atoms with Crippen molar-refractivity contribution in [3.05, 3.63) is 0 Å². The number of rotatable bonds is 9. The summed E-state index contributed by atoms with van der Waals surface area (Å²) in [5.41, 5.74) is -0.638. The molecule has 0 fully saturated rings. The van der Waals surface area contributed by atoms with E-state index in [2.05, 4.69) is 10.6 Å². The summed E-state index contributed by atoms with van der Waals surface area (Å²) in [6.45, 7) is 10.7. The Morgan fingerprint density at radius 3 is 2.12 bits per heavy atom. The summed E-state index contributed by atoms with van der Waals surface area (Å²) in [7, 11) is 0. The molecule has 0 radical (unpaired) electrons. The maximum Gasteiger partial charge on any atom is 0.408 e. The second-order valence-electron chi connectivity index (χ2n) is 7.03. The molecule has 0 aromatic heterocycles. The number of ketones is 1. The zero-order valence-corrected chi connectivity index (χ0v) is 16.7. The standard InChI is InChI=1S/C17H32N2O4S/c1-8-13(20)12(9-10-24-7)18-15(21)14(11(2)3)19-16(22)23-17(4,5)6/h11-12,14H,8-10H2,1-7H3,(H,18,21)(H,19,22). The van der Waals surface area contributed by atoms with Gasteiger partial charge in [-0.1, -0.05) is 20.8 Å². The van der Waals surface area contributed by atoms with E-state index in [1.807, 2.05) is 20.1 Å². The number of carbonyl (C=O) groups excluding carboxylic acids is 3. The number of hydrogen-bond acceptors (Lipinski definition) is 5. The molecule has 0 heterocycles. The fourth-order valence-corrected chi connectivity index (χ4v) is 2.50. The lowest BCUT2D eigenvalue weighted by atomic mass is 10.0. The zero-order chi connectivity index (χ0) is 18.9. The van der Waals surface area contributed by atoms with Gasteiger partial charge in [0.15, 0.2) is 5.78 Å². The first kappa shape index (κ1) is 22.8. The molecular formula is C17H32N2O4S. The van der Waals surface area contributed by atoms with Crippen molar-refractivity contribution in [2.24, 2.45) is 5.92 Å². The number of Topliss-reactive ketones (excluding diaryl/α,β-unsaturated/α-hetero) is 1. The number of ether oxygens (including phenoxy) is 1. The highest BCUT2D eigenvalue weighted by Crippen LogP contribution is 2.10. The fourth-order valence-electron chi connectivity index (χ4n) is 2.03. The van der Waals surface area contributed by atoms with Gasteiger partial charge in [0.25, 0.3) is 0 Å². The third-order valence-corrected chi connectivity index (χ3v) is 3.93. The van der Waals surface area contributed by atoms with E-state index < -0.39 is 23.8 Å². The highest BCUT2D eigenvalue weighted by atomic mass is 32.2. The molecule has 0 aliphatic carbocycles. The molecule has 0 bridgehead atoms. The minimum absolute atomic E-state index is 0.00262. The van der Waals surface area contributed by atoms with Crippen molar-refractivity contribution in [2.45, 2.75) is 72.1 Å². The Morgan fingerprint density at radius 2 is 1.71 bits per heavy atom. The molecule has 2 atom stereocenters. The van der Waals surface area contributed by atoms with Crippen molar-refractivity contribution in [2.75, 3.05) is 12.0 Å². The van der Waals surface area contributed by atoms with Crippen LogP contribution in [0.2, 0.25) is 0 Å². The molecule has 0 aromatic rings. The van der Waals surface area contributed by atoms with Gasteiger partial charge in [0.05, 0.1) is 6.04 Å². The average molecular weight is 361 g/mol. The molecule has 0 saturated heterocycles. The van der Waals surface area contributed by atoms with Crippen LogP contribution < -0.4 is 10.6 Å². The molecule has 2 amide bonds. The van der Waals surface area contributed by atoms with Crippen LogP contribution in [0.15, 0.2) is 0 Å². The summed E-state index contributed by atoms with van der Waals surface area (Å²) in [6.07, 6.45) is 2.26. The van der Waals surface area contributed by atoms with E-state index in [0.29, 0.717) is 12.8 Å². The van der Waals surface area contributed by atoms with Gasteiger partial charge in [-0.15, -0.1) is 0 Å². The summed E-state index contributed by atoms with van der Waals surface area (Å²) in [6, 6.07) is -1.27. The second-order valence-corrected chi connectivity index (χ2v) is 8.02. The molecule has 2 N–H and O–H groups in total. The molecule has 7 heteroatoms. The first-order valence-electron chi connectivity index (χ1n) is 8.33. The van der Waals surface area contributed by atoms with E-state index >= 15 is 0 Å². The molecule has 0 aliphatic rings. The van der Waals surface area contributed by atoms with E-state index in [1.165, 1.54) is 0 Å². The summed E-state index contributed by atoms with van der Waals surface area (Å²) in [4.78, 5) is 36.5. The Hall–Kier alpha value is -1.24. The zero-order valence-electron chi connectivity index (χ0n) is 15.9. The summed E-state index contributed by atoms with van der Waals surface area (Å²) in [5, 5.41) is 5.38. The van der Waals surface area contributed by atoms with E-state index in [4.69, 9.17) is 4.74 Å². The van der Waals surface area contributed by atoms with Gasteiger partial charge in [0.1, 0.15) is 11.6 Å². The molecule has 0 saturated carbocycles. The van der Waals surface area contributed by atoms with E-state index in [-0.39, 0.29) is 17.6 Å². The lowest BCUT2D eigenvalue weighted by Crippen LogP contribution is -2.54. The van der Waals surface area contributed by atoms with Crippen molar-refractivity contribution in [1.29, 1.82) is 0 Å². The highest BCUT2D eigenvalue weighted by Gasteiger charge is 2.29. The van der Waals surface area contributed by atoms with Gasteiger partial charge in [-0.25, -0.2) is 4.79 Å². The molecule has 140 valence electrons. The third-order valence-electron chi connectivity index (χ3n) is 3.29. The van der Waals surface area contributed by atoms with Crippen LogP contribution in [0.25, 0.3) is 0 Å². The van der Waals surface area contributed by atoms with Crippen LogP contribution in [0.1, 0.15) is 54.4 Å². The van der Waals surface area contributed by atoms with Crippen LogP contribution >= 0.6 is 11.8 Å². The van der Waals surface area contributed by atoms with Crippen LogP contribution in [0.5, 0.6) is 0 Å². The van der Waals surface area contributed by atoms with Crippen LogP contribution in [-0.4, -0.2) is 47.5 Å².